The molecule has 0 radical (unpaired) electrons. The lowest BCUT2D eigenvalue weighted by atomic mass is 10.1. The van der Waals surface area contributed by atoms with E-state index in [1.807, 2.05) is 24.3 Å². The van der Waals surface area contributed by atoms with Crippen LogP contribution in [-0.2, 0) is 6.42 Å². The van der Waals surface area contributed by atoms with Crippen molar-refractivity contribution in [3.05, 3.63) is 59.9 Å². The Bertz CT molecular complexity index is 734. The highest BCUT2D eigenvalue weighted by atomic mass is 19.1. The zero-order valence-corrected chi connectivity index (χ0v) is 15.6. The summed E-state index contributed by atoms with van der Waals surface area (Å²) < 4.78 is 18.2. The molecule has 3 rings (SSSR count). The van der Waals surface area contributed by atoms with Gasteiger partial charge in [0.2, 0.25) is 0 Å². The van der Waals surface area contributed by atoms with Crippen molar-refractivity contribution >= 4 is 11.7 Å². The van der Waals surface area contributed by atoms with Crippen molar-refractivity contribution in [1.29, 1.82) is 0 Å². The van der Waals surface area contributed by atoms with E-state index in [0.717, 1.165) is 42.9 Å². The summed E-state index contributed by atoms with van der Waals surface area (Å²) in [6, 6.07) is 14.3. The molecule has 2 aromatic carbocycles. The fourth-order valence-electron chi connectivity index (χ4n) is 3.30. The van der Waals surface area contributed by atoms with Gasteiger partial charge in [0.25, 0.3) is 0 Å². The van der Waals surface area contributed by atoms with Crippen LogP contribution in [0.3, 0.4) is 0 Å². The summed E-state index contributed by atoms with van der Waals surface area (Å²) in [5.41, 5.74) is 2.18. The number of carbonyl (C=O) groups excluding carboxylic acids is 1. The van der Waals surface area contributed by atoms with E-state index in [-0.39, 0.29) is 11.8 Å². The Morgan fingerprint density at radius 2 is 1.89 bits per heavy atom. The molecule has 6 heteroatoms. The molecule has 0 spiro atoms. The Morgan fingerprint density at radius 1 is 1.15 bits per heavy atom. The lowest BCUT2D eigenvalue weighted by Crippen LogP contribution is -2.39. The number of urea groups is 1. The smallest absolute Gasteiger partial charge is 0.314 e. The van der Waals surface area contributed by atoms with Crippen molar-refractivity contribution in [2.24, 2.45) is 5.92 Å². The number of hydrogen-bond acceptors (Lipinski definition) is 3. The molecule has 2 aromatic rings. The highest BCUT2D eigenvalue weighted by molar-refractivity contribution is 5.73. The largest absolute Gasteiger partial charge is 0.497 e. The maximum atomic E-state index is 13.0. The van der Waals surface area contributed by atoms with Gasteiger partial charge >= 0.3 is 6.03 Å². The second-order valence-corrected chi connectivity index (χ2v) is 6.81. The number of nitrogens with zero attached hydrogens (tertiary/aromatic N) is 1. The molecule has 1 aliphatic rings. The van der Waals surface area contributed by atoms with E-state index in [1.165, 1.54) is 12.1 Å². The van der Waals surface area contributed by atoms with Crippen LogP contribution in [0.5, 0.6) is 5.75 Å². The van der Waals surface area contributed by atoms with Crippen LogP contribution in [0.4, 0.5) is 14.9 Å². The van der Waals surface area contributed by atoms with Crippen LogP contribution in [0.15, 0.2) is 48.5 Å². The number of halogens is 1. The van der Waals surface area contributed by atoms with Crippen molar-refractivity contribution in [3.63, 3.8) is 0 Å². The van der Waals surface area contributed by atoms with Crippen molar-refractivity contribution in [2.45, 2.75) is 12.8 Å². The number of hydrogen-bond donors (Lipinski definition) is 2. The first-order valence-corrected chi connectivity index (χ1v) is 9.29. The van der Waals surface area contributed by atoms with Gasteiger partial charge in [-0.3, -0.25) is 0 Å². The van der Waals surface area contributed by atoms with E-state index < -0.39 is 0 Å². The predicted octanol–water partition coefficient (Wildman–Crippen LogP) is 3.20. The number of anilines is 1. The molecule has 27 heavy (non-hydrogen) atoms. The topological polar surface area (TPSA) is 53.6 Å². The summed E-state index contributed by atoms with van der Waals surface area (Å²) in [6.07, 6.45) is 1.79. The average Bonchev–Trinajstić information content (AvgIpc) is 3.16. The molecule has 0 aromatic heterocycles. The zero-order chi connectivity index (χ0) is 19.1. The first kappa shape index (κ1) is 19.0. The average molecular weight is 371 g/mol. The van der Waals surface area contributed by atoms with Crippen LogP contribution in [0, 0.1) is 11.7 Å². The number of ether oxygens (including phenoxy) is 1. The Morgan fingerprint density at radius 3 is 2.59 bits per heavy atom. The summed E-state index contributed by atoms with van der Waals surface area (Å²) in [5, 5.41) is 5.85. The molecular formula is C21H26FN3O2. The third kappa shape index (κ3) is 5.61. The third-order valence-electron chi connectivity index (χ3n) is 4.89. The molecule has 5 nitrogen and oxygen atoms in total. The molecule has 144 valence electrons. The summed E-state index contributed by atoms with van der Waals surface area (Å²) in [6.45, 7) is 3.03. The fourth-order valence-corrected chi connectivity index (χ4v) is 3.30. The highest BCUT2D eigenvalue weighted by Crippen LogP contribution is 2.23. The maximum absolute atomic E-state index is 13.0. The quantitative estimate of drug-likeness (QED) is 0.786. The third-order valence-corrected chi connectivity index (χ3v) is 4.89. The van der Waals surface area contributed by atoms with Crippen LogP contribution in [-0.4, -0.2) is 39.3 Å². The van der Waals surface area contributed by atoms with E-state index in [1.54, 1.807) is 19.2 Å². The lowest BCUT2D eigenvalue weighted by Gasteiger charge is -2.19. The van der Waals surface area contributed by atoms with Gasteiger partial charge in [0.1, 0.15) is 11.6 Å². The van der Waals surface area contributed by atoms with Crippen molar-refractivity contribution in [3.8, 4) is 5.75 Å². The molecule has 1 fully saturated rings. The predicted molar refractivity (Wildman–Crippen MR) is 105 cm³/mol. The van der Waals surface area contributed by atoms with Crippen molar-refractivity contribution in [1.82, 2.24) is 10.6 Å². The SMILES string of the molecule is COc1ccc(CCNC(=O)NCC2CCN(c3ccc(F)cc3)C2)cc1. The molecule has 1 unspecified atom stereocenters. The van der Waals surface area contributed by atoms with Crippen LogP contribution < -0.4 is 20.3 Å². The Labute approximate surface area is 159 Å². The summed E-state index contributed by atoms with van der Waals surface area (Å²) in [5.74, 6) is 1.01. The van der Waals surface area contributed by atoms with Gasteiger partial charge in [0.15, 0.2) is 0 Å². The molecule has 1 aliphatic heterocycles. The molecule has 1 atom stereocenters. The first-order chi connectivity index (χ1) is 13.1. The minimum atomic E-state index is -0.220. The number of amides is 2. The summed E-state index contributed by atoms with van der Waals surface area (Å²) >= 11 is 0. The second-order valence-electron chi connectivity index (χ2n) is 6.81. The molecule has 1 heterocycles. The van der Waals surface area contributed by atoms with E-state index in [0.29, 0.717) is 19.0 Å². The number of benzene rings is 2. The Hall–Kier alpha value is -2.76. The van der Waals surface area contributed by atoms with Crippen molar-refractivity contribution < 1.29 is 13.9 Å². The van der Waals surface area contributed by atoms with Crippen LogP contribution in [0.1, 0.15) is 12.0 Å². The van der Waals surface area contributed by atoms with Gasteiger partial charge < -0.3 is 20.3 Å². The number of nitrogens with one attached hydrogen (secondary N) is 2. The van der Waals surface area contributed by atoms with Gasteiger partial charge in [-0.1, -0.05) is 12.1 Å². The molecule has 2 amide bonds. The minimum Gasteiger partial charge on any atom is -0.497 e. The Balaban J connectivity index is 1.34. The van der Waals surface area contributed by atoms with E-state index >= 15 is 0 Å². The maximum Gasteiger partial charge on any atom is 0.314 e. The van der Waals surface area contributed by atoms with E-state index in [4.69, 9.17) is 4.74 Å². The summed E-state index contributed by atoms with van der Waals surface area (Å²) in [7, 11) is 1.64. The molecule has 0 saturated carbocycles. The standard InChI is InChI=1S/C21H26FN3O2/c1-27-20-8-2-16(3-9-20)10-12-23-21(26)24-14-17-11-13-25(15-17)19-6-4-18(22)5-7-19/h2-9,17H,10-15H2,1H3,(H2,23,24,26). The highest BCUT2D eigenvalue weighted by Gasteiger charge is 2.23. The molecule has 0 bridgehead atoms. The molecule has 0 aliphatic carbocycles. The fraction of sp³-hybridized carbons (Fsp3) is 0.381. The van der Waals surface area contributed by atoms with Crippen LogP contribution in [0.2, 0.25) is 0 Å². The van der Waals surface area contributed by atoms with Gasteiger partial charge in [0.05, 0.1) is 7.11 Å². The number of carbonyl (C=O) groups is 1. The monoisotopic (exact) mass is 371 g/mol. The number of rotatable bonds is 7. The van der Waals surface area contributed by atoms with Crippen molar-refractivity contribution in [2.75, 3.05) is 38.2 Å². The first-order valence-electron chi connectivity index (χ1n) is 9.29. The second kappa shape index (κ2) is 9.26. The normalized spacial score (nSPS) is 16.2. The zero-order valence-electron chi connectivity index (χ0n) is 15.6. The van der Waals surface area contributed by atoms with Gasteiger partial charge in [0, 0.05) is 31.9 Å². The Kier molecular flexibility index (Phi) is 6.52. The number of methoxy groups -OCH3 is 1. The molecule has 2 N–H and O–H groups in total. The van der Waals surface area contributed by atoms with Gasteiger partial charge in [-0.05, 0) is 60.7 Å². The minimum absolute atomic E-state index is 0.135. The van der Waals surface area contributed by atoms with Crippen LogP contribution >= 0.6 is 0 Å². The molecule has 1 saturated heterocycles. The summed E-state index contributed by atoms with van der Waals surface area (Å²) in [4.78, 5) is 14.2. The van der Waals surface area contributed by atoms with Gasteiger partial charge in [-0.25, -0.2) is 9.18 Å². The molecular weight excluding hydrogens is 345 g/mol. The van der Waals surface area contributed by atoms with Crippen LogP contribution in [0.25, 0.3) is 0 Å². The van der Waals surface area contributed by atoms with E-state index in [9.17, 15) is 9.18 Å². The van der Waals surface area contributed by atoms with E-state index in [2.05, 4.69) is 15.5 Å². The van der Waals surface area contributed by atoms with Gasteiger partial charge in [-0.2, -0.15) is 0 Å². The van der Waals surface area contributed by atoms with Gasteiger partial charge in [-0.15, -0.1) is 0 Å². The lowest BCUT2D eigenvalue weighted by molar-refractivity contribution is 0.239.